The van der Waals surface area contributed by atoms with Crippen molar-refractivity contribution in [3.05, 3.63) is 71.9 Å². The summed E-state index contributed by atoms with van der Waals surface area (Å²) in [7, 11) is 1.69. The van der Waals surface area contributed by atoms with Gasteiger partial charge in [0.2, 0.25) is 0 Å². The first-order valence-electron chi connectivity index (χ1n) is 10.6. The molecule has 1 heterocycles. The van der Waals surface area contributed by atoms with Gasteiger partial charge in [0.15, 0.2) is 0 Å². The maximum Gasteiger partial charge on any atom is 0.126 e. The molecule has 5 nitrogen and oxygen atoms in total. The van der Waals surface area contributed by atoms with E-state index in [1.165, 1.54) is 0 Å². The minimum absolute atomic E-state index is 0.715. The van der Waals surface area contributed by atoms with Gasteiger partial charge >= 0.3 is 0 Å². The molecule has 0 aliphatic carbocycles. The van der Waals surface area contributed by atoms with Crippen LogP contribution in [0.25, 0.3) is 21.7 Å². The normalized spacial score (nSPS) is 11.3. The van der Waals surface area contributed by atoms with Crippen LogP contribution in [0.1, 0.15) is 31.0 Å². The molecule has 0 fully saturated rings. The van der Waals surface area contributed by atoms with Crippen LogP contribution in [0, 0.1) is 6.92 Å². The van der Waals surface area contributed by atoms with Crippen LogP contribution in [0.15, 0.2) is 65.8 Å². The Hall–Kier alpha value is -3.60. The summed E-state index contributed by atoms with van der Waals surface area (Å²) in [6, 6.07) is 20.1. The number of nitrogens with one attached hydrogen (secondary N) is 1. The highest BCUT2D eigenvalue weighted by Crippen LogP contribution is 2.29. The summed E-state index contributed by atoms with van der Waals surface area (Å²) in [4.78, 5) is 4.64. The van der Waals surface area contributed by atoms with Crippen LogP contribution in [0.4, 0.5) is 5.69 Å². The van der Waals surface area contributed by atoms with E-state index in [1.807, 2.05) is 61.7 Å². The van der Waals surface area contributed by atoms with Gasteiger partial charge in [-0.15, -0.1) is 0 Å². The van der Waals surface area contributed by atoms with Gasteiger partial charge in [-0.1, -0.05) is 37.6 Å². The van der Waals surface area contributed by atoms with Gasteiger partial charge in [-0.3, -0.25) is 10.4 Å². The Morgan fingerprint density at radius 3 is 2.65 bits per heavy atom. The van der Waals surface area contributed by atoms with Crippen LogP contribution in [0.2, 0.25) is 0 Å². The molecule has 0 aliphatic rings. The van der Waals surface area contributed by atoms with Crippen LogP contribution in [0.5, 0.6) is 11.5 Å². The van der Waals surface area contributed by atoms with E-state index in [0.29, 0.717) is 6.61 Å². The minimum Gasteiger partial charge on any atom is -0.496 e. The van der Waals surface area contributed by atoms with E-state index in [4.69, 9.17) is 9.47 Å². The van der Waals surface area contributed by atoms with E-state index in [9.17, 15) is 0 Å². The maximum absolute atomic E-state index is 5.88. The van der Waals surface area contributed by atoms with Gasteiger partial charge in [-0.2, -0.15) is 5.10 Å². The second-order valence-corrected chi connectivity index (χ2v) is 7.46. The van der Waals surface area contributed by atoms with E-state index in [-0.39, 0.29) is 0 Å². The van der Waals surface area contributed by atoms with E-state index in [1.54, 1.807) is 7.11 Å². The van der Waals surface area contributed by atoms with Crippen molar-refractivity contribution in [2.24, 2.45) is 5.10 Å². The number of unbranched alkanes of at least 4 members (excludes halogenated alkanes) is 1. The van der Waals surface area contributed by atoms with Crippen LogP contribution < -0.4 is 14.9 Å². The molecule has 0 saturated carbocycles. The number of hydrogen-bond acceptors (Lipinski definition) is 5. The van der Waals surface area contributed by atoms with Crippen LogP contribution in [0.3, 0.4) is 0 Å². The summed E-state index contributed by atoms with van der Waals surface area (Å²) in [5, 5.41) is 7.67. The lowest BCUT2D eigenvalue weighted by atomic mass is 10.0. The third-order valence-corrected chi connectivity index (χ3v) is 5.20. The predicted molar refractivity (Wildman–Crippen MR) is 129 cm³/mol. The van der Waals surface area contributed by atoms with Gasteiger partial charge in [-0.05, 0) is 55.1 Å². The largest absolute Gasteiger partial charge is 0.496 e. The molecular formula is C26H27N3O2. The number of nitrogens with zero attached hydrogens (tertiary/aromatic N) is 2. The molecule has 1 N–H and O–H groups in total. The molecule has 0 unspecified atom stereocenters. The van der Waals surface area contributed by atoms with Gasteiger partial charge in [0, 0.05) is 22.0 Å². The number of aromatic nitrogens is 1. The molecular weight excluding hydrogens is 386 g/mol. The van der Waals surface area contributed by atoms with Crippen molar-refractivity contribution >= 4 is 33.6 Å². The lowest BCUT2D eigenvalue weighted by molar-refractivity contribution is 0.310. The first-order valence-corrected chi connectivity index (χ1v) is 10.6. The molecule has 1 aromatic heterocycles. The van der Waals surface area contributed by atoms with Crippen molar-refractivity contribution in [1.82, 2.24) is 4.98 Å². The summed E-state index contributed by atoms with van der Waals surface area (Å²) in [6.07, 6.45) is 3.98. The van der Waals surface area contributed by atoms with Gasteiger partial charge in [0.25, 0.3) is 0 Å². The maximum atomic E-state index is 5.88. The third kappa shape index (κ3) is 4.61. The fourth-order valence-corrected chi connectivity index (χ4v) is 3.61. The van der Waals surface area contributed by atoms with Crippen molar-refractivity contribution in [3.63, 3.8) is 0 Å². The van der Waals surface area contributed by atoms with Gasteiger partial charge in [0.05, 0.1) is 31.1 Å². The van der Waals surface area contributed by atoms with Crippen molar-refractivity contribution in [3.8, 4) is 11.5 Å². The molecule has 5 heteroatoms. The number of fused-ring (bicyclic) bond motifs is 2. The molecule has 31 heavy (non-hydrogen) atoms. The van der Waals surface area contributed by atoms with Crippen molar-refractivity contribution in [1.29, 1.82) is 0 Å². The molecule has 158 valence electrons. The number of pyridine rings is 1. The molecule has 0 amide bonds. The van der Waals surface area contributed by atoms with Crippen molar-refractivity contribution in [2.75, 3.05) is 19.1 Å². The Balaban J connectivity index is 1.63. The summed E-state index contributed by atoms with van der Waals surface area (Å²) >= 11 is 0. The van der Waals surface area contributed by atoms with Crippen molar-refractivity contribution in [2.45, 2.75) is 26.7 Å². The average molecular weight is 414 g/mol. The zero-order valence-electron chi connectivity index (χ0n) is 18.2. The Bertz CT molecular complexity index is 1230. The monoisotopic (exact) mass is 413 g/mol. The SMILES string of the molecule is CCCCOc1ccc2nc(C)cc(N/N=C/c3ccc(OC)c4ccccc34)c2c1. The molecule has 4 rings (SSSR count). The van der Waals surface area contributed by atoms with Crippen LogP contribution in [-0.4, -0.2) is 24.9 Å². The Kier molecular flexibility index (Phi) is 6.32. The Morgan fingerprint density at radius 2 is 1.84 bits per heavy atom. The number of methoxy groups -OCH3 is 1. The molecule has 0 atom stereocenters. The fourth-order valence-electron chi connectivity index (χ4n) is 3.61. The number of ether oxygens (including phenoxy) is 2. The molecule has 0 radical (unpaired) electrons. The number of anilines is 1. The second-order valence-electron chi connectivity index (χ2n) is 7.46. The molecule has 4 aromatic rings. The Morgan fingerprint density at radius 1 is 1.00 bits per heavy atom. The molecule has 0 bridgehead atoms. The quantitative estimate of drug-likeness (QED) is 0.208. The highest BCUT2D eigenvalue weighted by atomic mass is 16.5. The average Bonchev–Trinajstić information content (AvgIpc) is 2.79. The van der Waals surface area contributed by atoms with E-state index in [0.717, 1.165) is 63.0 Å². The molecule has 0 aliphatic heterocycles. The first kappa shape index (κ1) is 20.7. The topological polar surface area (TPSA) is 55.7 Å². The fraction of sp³-hybridized carbons (Fsp3) is 0.231. The first-order chi connectivity index (χ1) is 15.2. The molecule has 0 spiro atoms. The number of aryl methyl sites for hydroxylation is 1. The third-order valence-electron chi connectivity index (χ3n) is 5.20. The number of hydrazone groups is 1. The Labute approximate surface area is 182 Å². The van der Waals surface area contributed by atoms with Gasteiger partial charge < -0.3 is 9.47 Å². The second kappa shape index (κ2) is 9.47. The minimum atomic E-state index is 0.715. The smallest absolute Gasteiger partial charge is 0.126 e. The summed E-state index contributed by atoms with van der Waals surface area (Å²) in [5.74, 6) is 1.70. The van der Waals surface area contributed by atoms with E-state index in [2.05, 4.69) is 34.6 Å². The highest BCUT2D eigenvalue weighted by Gasteiger charge is 2.07. The standard InChI is InChI=1S/C26H27N3O2/c1-4-5-14-31-20-11-12-24-23(16-20)25(15-18(2)28-24)29-27-17-19-10-13-26(30-3)22-9-7-6-8-21(19)22/h6-13,15-17H,4-5,14H2,1-3H3,(H,28,29)/b27-17+. The summed E-state index contributed by atoms with van der Waals surface area (Å²) in [5.41, 5.74) is 6.97. The molecule has 3 aromatic carbocycles. The van der Waals surface area contributed by atoms with Crippen molar-refractivity contribution < 1.29 is 9.47 Å². The van der Waals surface area contributed by atoms with Crippen LogP contribution >= 0.6 is 0 Å². The zero-order chi connectivity index (χ0) is 21.6. The number of rotatable bonds is 8. The summed E-state index contributed by atoms with van der Waals surface area (Å²) < 4.78 is 11.4. The van der Waals surface area contributed by atoms with Crippen LogP contribution in [-0.2, 0) is 0 Å². The predicted octanol–water partition coefficient (Wildman–Crippen LogP) is 6.33. The highest BCUT2D eigenvalue weighted by molar-refractivity contribution is 6.02. The number of benzene rings is 3. The lowest BCUT2D eigenvalue weighted by Gasteiger charge is -2.11. The van der Waals surface area contributed by atoms with E-state index >= 15 is 0 Å². The van der Waals surface area contributed by atoms with E-state index < -0.39 is 0 Å². The number of hydrogen-bond donors (Lipinski definition) is 1. The van der Waals surface area contributed by atoms with Gasteiger partial charge in [-0.25, -0.2) is 0 Å². The summed E-state index contributed by atoms with van der Waals surface area (Å²) in [6.45, 7) is 4.85. The lowest BCUT2D eigenvalue weighted by Crippen LogP contribution is -1.98. The molecule has 0 saturated heterocycles. The van der Waals surface area contributed by atoms with Gasteiger partial charge in [0.1, 0.15) is 11.5 Å². The zero-order valence-corrected chi connectivity index (χ0v) is 18.2.